The van der Waals surface area contributed by atoms with E-state index in [1.165, 1.54) is 0 Å². The highest BCUT2D eigenvalue weighted by Gasteiger charge is 2.36. The van der Waals surface area contributed by atoms with Crippen molar-refractivity contribution in [2.24, 2.45) is 5.92 Å². The second kappa shape index (κ2) is 4.68. The Morgan fingerprint density at radius 3 is 3.00 bits per heavy atom. The van der Waals surface area contributed by atoms with Gasteiger partial charge in [-0.15, -0.1) is 23.4 Å². The zero-order chi connectivity index (χ0) is 11.7. The number of thioether (sulfide) groups is 1. The van der Waals surface area contributed by atoms with Gasteiger partial charge in [-0.25, -0.2) is 0 Å². The van der Waals surface area contributed by atoms with Crippen LogP contribution in [-0.4, -0.2) is 35.9 Å². The van der Waals surface area contributed by atoms with E-state index in [0.717, 1.165) is 16.2 Å². The minimum Gasteiger partial charge on any atom is -0.383 e. The smallest absolute Gasteiger partial charge is 0.170 e. The van der Waals surface area contributed by atoms with Crippen LogP contribution in [0.5, 0.6) is 0 Å². The molecule has 2 rings (SSSR count). The van der Waals surface area contributed by atoms with Crippen molar-refractivity contribution in [3.05, 3.63) is 34.9 Å². The van der Waals surface area contributed by atoms with E-state index >= 15 is 0 Å². The van der Waals surface area contributed by atoms with E-state index in [9.17, 15) is 4.79 Å². The van der Waals surface area contributed by atoms with Gasteiger partial charge in [0.1, 0.15) is 0 Å². The van der Waals surface area contributed by atoms with Gasteiger partial charge in [0, 0.05) is 31.6 Å². The summed E-state index contributed by atoms with van der Waals surface area (Å²) in [5.74, 6) is 0.747. The number of alkyl halides is 1. The molecule has 1 aliphatic carbocycles. The Morgan fingerprint density at radius 2 is 2.31 bits per heavy atom. The first kappa shape index (κ1) is 11.8. The van der Waals surface area contributed by atoms with Crippen molar-refractivity contribution < 1.29 is 4.79 Å². The van der Waals surface area contributed by atoms with E-state index < -0.39 is 0 Å². The Labute approximate surface area is 105 Å². The van der Waals surface area contributed by atoms with Crippen LogP contribution in [0.1, 0.15) is 0 Å². The summed E-state index contributed by atoms with van der Waals surface area (Å²) in [5, 5.41) is -0.203. The zero-order valence-corrected chi connectivity index (χ0v) is 10.9. The number of nitrogens with zero attached hydrogens (tertiary/aromatic N) is 1. The molecule has 2 nitrogen and oxygen atoms in total. The van der Waals surface area contributed by atoms with E-state index in [4.69, 9.17) is 11.6 Å². The predicted octanol–water partition coefficient (Wildman–Crippen LogP) is 2.43. The van der Waals surface area contributed by atoms with Gasteiger partial charge < -0.3 is 4.90 Å². The molecule has 0 aromatic rings. The Bertz CT molecular complexity index is 398. The van der Waals surface area contributed by atoms with Gasteiger partial charge in [0.05, 0.1) is 11.3 Å². The molecule has 16 heavy (non-hydrogen) atoms. The lowest BCUT2D eigenvalue weighted by molar-refractivity contribution is -0.117. The third-order valence-electron chi connectivity index (χ3n) is 2.59. The fourth-order valence-corrected chi connectivity index (χ4v) is 3.44. The highest BCUT2D eigenvalue weighted by atomic mass is 35.5. The lowest BCUT2D eigenvalue weighted by Gasteiger charge is -2.30. The Hall–Kier alpha value is -0.670. The number of Topliss-reactive ketones (excluding diaryl/α,β-unsaturated/α-hetero) is 1. The van der Waals surface area contributed by atoms with Crippen molar-refractivity contribution in [1.29, 1.82) is 0 Å². The van der Waals surface area contributed by atoms with E-state index in [1.54, 1.807) is 11.8 Å². The molecule has 0 aromatic carbocycles. The number of ketones is 1. The molecule has 1 saturated heterocycles. The van der Waals surface area contributed by atoms with Crippen LogP contribution >= 0.6 is 23.4 Å². The number of rotatable bonds is 1. The van der Waals surface area contributed by atoms with Crippen molar-refractivity contribution in [3.8, 4) is 0 Å². The minimum absolute atomic E-state index is 0.169. The summed E-state index contributed by atoms with van der Waals surface area (Å²) in [4.78, 5) is 15.2. The van der Waals surface area contributed by atoms with Crippen LogP contribution in [0.3, 0.4) is 0 Å². The molecule has 0 radical (unpaired) electrons. The van der Waals surface area contributed by atoms with Crippen LogP contribution in [0.15, 0.2) is 34.9 Å². The van der Waals surface area contributed by atoms with Gasteiger partial charge in [0.2, 0.25) is 0 Å². The van der Waals surface area contributed by atoms with Crippen LogP contribution in [-0.2, 0) is 4.79 Å². The maximum Gasteiger partial charge on any atom is 0.170 e. The fraction of sp³-hybridized carbons (Fsp3) is 0.417. The van der Waals surface area contributed by atoms with Crippen LogP contribution in [0.2, 0.25) is 0 Å². The van der Waals surface area contributed by atoms with Crippen molar-refractivity contribution >= 4 is 29.1 Å². The molecule has 0 spiro atoms. The molecule has 1 aliphatic heterocycles. The fourth-order valence-electron chi connectivity index (χ4n) is 1.88. The molecule has 86 valence electrons. The predicted molar refractivity (Wildman–Crippen MR) is 69.6 cm³/mol. The molecule has 2 atom stereocenters. The molecule has 4 heteroatoms. The largest absolute Gasteiger partial charge is 0.383 e. The standard InChI is InChI=1S/C12H14ClNOS/c1-14(2)6-8-7-16-10-5-3-4-9(13)11(10)12(8)15/h3-6,9,11H,7H2,1-2H3. The number of hydrogen-bond donors (Lipinski definition) is 0. The summed E-state index contributed by atoms with van der Waals surface area (Å²) in [6.07, 6.45) is 7.71. The second-order valence-electron chi connectivity index (χ2n) is 4.15. The van der Waals surface area contributed by atoms with Crippen LogP contribution in [0.4, 0.5) is 0 Å². The molecule has 0 bridgehead atoms. The van der Waals surface area contributed by atoms with E-state index in [1.807, 2.05) is 43.4 Å². The van der Waals surface area contributed by atoms with Crippen LogP contribution in [0, 0.1) is 5.92 Å². The lowest BCUT2D eigenvalue weighted by atomic mass is 9.91. The second-order valence-corrected chi connectivity index (χ2v) is 5.70. The van der Waals surface area contributed by atoms with Crippen molar-refractivity contribution in [3.63, 3.8) is 0 Å². The highest BCUT2D eigenvalue weighted by Crippen LogP contribution is 2.40. The number of hydrogen-bond acceptors (Lipinski definition) is 3. The summed E-state index contributed by atoms with van der Waals surface area (Å²) in [6, 6.07) is 0. The third-order valence-corrected chi connectivity index (χ3v) is 4.16. The minimum atomic E-state index is -0.203. The number of halogens is 1. The normalized spacial score (nSPS) is 31.3. The SMILES string of the molecule is CN(C)C=C1CSC2=CC=CC(Cl)C2C1=O. The Balaban J connectivity index is 2.27. The number of carbonyl (C=O) groups is 1. The van der Waals surface area contributed by atoms with Crippen LogP contribution < -0.4 is 0 Å². The quantitative estimate of drug-likeness (QED) is 0.530. The maximum atomic E-state index is 12.2. The number of carbonyl (C=O) groups excluding carboxylic acids is 1. The lowest BCUT2D eigenvalue weighted by Crippen LogP contribution is -2.32. The van der Waals surface area contributed by atoms with Gasteiger partial charge in [-0.2, -0.15) is 0 Å². The molecule has 0 saturated carbocycles. The van der Waals surface area contributed by atoms with E-state index in [-0.39, 0.29) is 17.1 Å². The summed E-state index contributed by atoms with van der Waals surface area (Å²) in [6.45, 7) is 0. The summed E-state index contributed by atoms with van der Waals surface area (Å²) < 4.78 is 0. The zero-order valence-electron chi connectivity index (χ0n) is 9.31. The number of allylic oxidation sites excluding steroid dienone is 4. The van der Waals surface area contributed by atoms with Gasteiger partial charge in [-0.05, 0) is 4.91 Å². The van der Waals surface area contributed by atoms with Gasteiger partial charge in [-0.3, -0.25) is 4.79 Å². The van der Waals surface area contributed by atoms with E-state index in [2.05, 4.69) is 0 Å². The van der Waals surface area contributed by atoms with Gasteiger partial charge >= 0.3 is 0 Å². The van der Waals surface area contributed by atoms with E-state index in [0.29, 0.717) is 0 Å². The van der Waals surface area contributed by atoms with Crippen molar-refractivity contribution in [1.82, 2.24) is 4.90 Å². The molecule has 1 heterocycles. The van der Waals surface area contributed by atoms with Gasteiger partial charge in [-0.1, -0.05) is 18.2 Å². The summed E-state index contributed by atoms with van der Waals surface area (Å²) in [5.41, 5.74) is 0.859. The molecule has 2 aliphatic rings. The summed E-state index contributed by atoms with van der Waals surface area (Å²) in [7, 11) is 3.85. The topological polar surface area (TPSA) is 20.3 Å². The van der Waals surface area contributed by atoms with Crippen LogP contribution in [0.25, 0.3) is 0 Å². The molecular weight excluding hydrogens is 242 g/mol. The third kappa shape index (κ3) is 2.20. The van der Waals surface area contributed by atoms with Crippen molar-refractivity contribution in [2.75, 3.05) is 19.8 Å². The monoisotopic (exact) mass is 255 g/mol. The first-order valence-electron chi connectivity index (χ1n) is 5.16. The molecular formula is C12H14ClNOS. The molecule has 0 N–H and O–H groups in total. The Kier molecular flexibility index (Phi) is 3.45. The highest BCUT2D eigenvalue weighted by molar-refractivity contribution is 8.03. The van der Waals surface area contributed by atoms with Gasteiger partial charge in [0.15, 0.2) is 5.78 Å². The average Bonchev–Trinajstić information content (AvgIpc) is 2.22. The molecule has 0 aromatic heterocycles. The maximum absolute atomic E-state index is 12.2. The molecule has 1 fully saturated rings. The van der Waals surface area contributed by atoms with Crippen molar-refractivity contribution in [2.45, 2.75) is 5.38 Å². The Morgan fingerprint density at radius 1 is 1.56 bits per heavy atom. The molecule has 0 amide bonds. The first-order chi connectivity index (χ1) is 7.59. The van der Waals surface area contributed by atoms with Gasteiger partial charge in [0.25, 0.3) is 0 Å². The summed E-state index contributed by atoms with van der Waals surface area (Å²) >= 11 is 7.90. The first-order valence-corrected chi connectivity index (χ1v) is 6.58. The number of fused-ring (bicyclic) bond motifs is 1. The average molecular weight is 256 g/mol. The molecule has 2 unspecified atom stereocenters.